The minimum absolute atomic E-state index is 0.0629. The molecule has 0 amide bonds. The molecule has 0 aliphatic carbocycles. The molecule has 0 atom stereocenters. The molecule has 1 aromatic carbocycles. The molecule has 0 aromatic heterocycles. The second kappa shape index (κ2) is 4.39. The van der Waals surface area contributed by atoms with Gasteiger partial charge in [-0.25, -0.2) is 4.79 Å². The SMILES string of the molecule is COC(=O)c1c(C)cc([N+](=O)[O-])cc1Br. The van der Waals surface area contributed by atoms with Gasteiger partial charge in [-0.3, -0.25) is 10.1 Å². The van der Waals surface area contributed by atoms with Gasteiger partial charge in [0, 0.05) is 16.6 Å². The standard InChI is InChI=1S/C9H8BrNO4/c1-5-3-6(11(13)14)4-7(10)8(5)9(12)15-2/h3-4H,1-2H3. The number of rotatable bonds is 2. The van der Waals surface area contributed by atoms with Crippen molar-refractivity contribution in [1.29, 1.82) is 0 Å². The van der Waals surface area contributed by atoms with Gasteiger partial charge in [0.25, 0.3) is 5.69 Å². The maximum absolute atomic E-state index is 11.3. The molecule has 0 unspecified atom stereocenters. The molecule has 0 bridgehead atoms. The number of ether oxygens (including phenoxy) is 1. The number of halogens is 1. The number of non-ortho nitro benzene ring substituents is 1. The van der Waals surface area contributed by atoms with Gasteiger partial charge in [0.05, 0.1) is 17.6 Å². The van der Waals surface area contributed by atoms with E-state index in [9.17, 15) is 14.9 Å². The summed E-state index contributed by atoms with van der Waals surface area (Å²) in [7, 11) is 1.26. The van der Waals surface area contributed by atoms with Crippen LogP contribution in [-0.2, 0) is 4.74 Å². The fourth-order valence-electron chi connectivity index (χ4n) is 1.19. The Bertz CT molecular complexity index is 407. The van der Waals surface area contributed by atoms with Crippen LogP contribution in [0.25, 0.3) is 0 Å². The van der Waals surface area contributed by atoms with Crippen LogP contribution >= 0.6 is 15.9 Å². The van der Waals surface area contributed by atoms with Crippen molar-refractivity contribution in [3.05, 3.63) is 37.8 Å². The van der Waals surface area contributed by atoms with Crippen molar-refractivity contribution in [2.75, 3.05) is 7.11 Å². The van der Waals surface area contributed by atoms with E-state index in [4.69, 9.17) is 0 Å². The summed E-state index contributed by atoms with van der Waals surface area (Å²) in [6, 6.07) is 2.61. The number of esters is 1. The number of hydrogen-bond acceptors (Lipinski definition) is 4. The molecule has 1 rings (SSSR count). The molecule has 6 heteroatoms. The lowest BCUT2D eigenvalue weighted by Crippen LogP contribution is -2.05. The molecule has 0 aliphatic rings. The molecule has 0 fully saturated rings. The molecule has 0 N–H and O–H groups in total. The van der Waals surface area contributed by atoms with E-state index in [0.717, 1.165) is 0 Å². The molecule has 1 aromatic rings. The zero-order valence-electron chi connectivity index (χ0n) is 8.11. The largest absolute Gasteiger partial charge is 0.465 e. The molecular weight excluding hydrogens is 266 g/mol. The molecule has 0 heterocycles. The summed E-state index contributed by atoms with van der Waals surface area (Å²) in [5.74, 6) is -0.519. The predicted octanol–water partition coefficient (Wildman–Crippen LogP) is 2.45. The van der Waals surface area contributed by atoms with Crippen LogP contribution in [-0.4, -0.2) is 18.0 Å². The second-order valence-corrected chi connectivity index (χ2v) is 3.72. The fraction of sp³-hybridized carbons (Fsp3) is 0.222. The molecule has 80 valence electrons. The summed E-state index contributed by atoms with van der Waals surface area (Å²) in [4.78, 5) is 21.3. The van der Waals surface area contributed by atoms with Crippen molar-refractivity contribution in [2.24, 2.45) is 0 Å². The monoisotopic (exact) mass is 273 g/mol. The lowest BCUT2D eigenvalue weighted by atomic mass is 10.1. The smallest absolute Gasteiger partial charge is 0.339 e. The van der Waals surface area contributed by atoms with Gasteiger partial charge < -0.3 is 4.74 Å². The zero-order chi connectivity index (χ0) is 11.6. The maximum Gasteiger partial charge on any atom is 0.339 e. The Morgan fingerprint density at radius 1 is 1.53 bits per heavy atom. The third kappa shape index (κ3) is 2.33. The topological polar surface area (TPSA) is 69.4 Å². The van der Waals surface area contributed by atoms with Crippen LogP contribution in [0.2, 0.25) is 0 Å². The van der Waals surface area contributed by atoms with Gasteiger partial charge in [0.15, 0.2) is 0 Å². The van der Waals surface area contributed by atoms with E-state index in [2.05, 4.69) is 20.7 Å². The third-order valence-electron chi connectivity index (χ3n) is 1.87. The Labute approximate surface area is 94.3 Å². The van der Waals surface area contributed by atoms with Crippen LogP contribution in [0.15, 0.2) is 16.6 Å². The second-order valence-electron chi connectivity index (χ2n) is 2.87. The number of nitro groups is 1. The third-order valence-corrected chi connectivity index (χ3v) is 2.50. The van der Waals surface area contributed by atoms with Gasteiger partial charge >= 0.3 is 5.97 Å². The Morgan fingerprint density at radius 2 is 2.13 bits per heavy atom. The number of carbonyl (C=O) groups excluding carboxylic acids is 1. The number of carbonyl (C=O) groups is 1. The van der Waals surface area contributed by atoms with Crippen LogP contribution in [0.1, 0.15) is 15.9 Å². The fourth-order valence-corrected chi connectivity index (χ4v) is 1.90. The van der Waals surface area contributed by atoms with E-state index in [1.165, 1.54) is 19.2 Å². The number of aryl methyl sites for hydroxylation is 1. The van der Waals surface area contributed by atoms with Crippen molar-refractivity contribution in [3.63, 3.8) is 0 Å². The van der Waals surface area contributed by atoms with E-state index in [1.54, 1.807) is 6.92 Å². The molecule has 15 heavy (non-hydrogen) atoms. The van der Waals surface area contributed by atoms with E-state index < -0.39 is 10.9 Å². The van der Waals surface area contributed by atoms with E-state index in [-0.39, 0.29) is 5.69 Å². The van der Waals surface area contributed by atoms with Crippen LogP contribution < -0.4 is 0 Å². The molecular formula is C9H8BrNO4. The van der Waals surface area contributed by atoms with Crippen LogP contribution in [0, 0.1) is 17.0 Å². The summed E-state index contributed by atoms with van der Waals surface area (Å²) in [5.41, 5.74) is 0.748. The van der Waals surface area contributed by atoms with Gasteiger partial charge in [-0.05, 0) is 28.4 Å². The lowest BCUT2D eigenvalue weighted by Gasteiger charge is -2.05. The molecule has 0 aliphatic heterocycles. The number of nitro benzene ring substituents is 1. The molecule has 5 nitrogen and oxygen atoms in total. The zero-order valence-corrected chi connectivity index (χ0v) is 9.70. The van der Waals surface area contributed by atoms with Gasteiger partial charge in [-0.2, -0.15) is 0 Å². The van der Waals surface area contributed by atoms with Crippen LogP contribution in [0.5, 0.6) is 0 Å². The summed E-state index contributed by atoms with van der Waals surface area (Å²) in [5, 5.41) is 10.5. The number of hydrogen-bond donors (Lipinski definition) is 0. The van der Waals surface area contributed by atoms with Gasteiger partial charge in [0.1, 0.15) is 0 Å². The Morgan fingerprint density at radius 3 is 2.53 bits per heavy atom. The van der Waals surface area contributed by atoms with Crippen molar-refractivity contribution < 1.29 is 14.5 Å². The molecule has 0 spiro atoms. The predicted molar refractivity (Wildman–Crippen MR) is 56.9 cm³/mol. The molecule has 0 saturated heterocycles. The summed E-state index contributed by atoms with van der Waals surface area (Å²) < 4.78 is 4.92. The minimum atomic E-state index is -0.519. The highest BCUT2D eigenvalue weighted by Gasteiger charge is 2.18. The first-order valence-corrected chi connectivity index (χ1v) is 4.79. The summed E-state index contributed by atoms with van der Waals surface area (Å²) in [6.07, 6.45) is 0. The lowest BCUT2D eigenvalue weighted by molar-refractivity contribution is -0.385. The van der Waals surface area contributed by atoms with Crippen LogP contribution in [0.4, 0.5) is 5.69 Å². The Hall–Kier alpha value is -1.43. The highest BCUT2D eigenvalue weighted by Crippen LogP contribution is 2.27. The first-order chi connectivity index (χ1) is 6.97. The highest BCUT2D eigenvalue weighted by molar-refractivity contribution is 9.10. The van der Waals surface area contributed by atoms with Crippen molar-refractivity contribution in [2.45, 2.75) is 6.92 Å². The maximum atomic E-state index is 11.3. The summed E-state index contributed by atoms with van der Waals surface area (Å²) in [6.45, 7) is 1.62. The molecule has 0 radical (unpaired) electrons. The van der Waals surface area contributed by atoms with E-state index in [1.807, 2.05) is 0 Å². The quantitative estimate of drug-likeness (QED) is 0.472. The van der Waals surface area contributed by atoms with Crippen molar-refractivity contribution >= 4 is 27.6 Å². The molecule has 0 saturated carbocycles. The summed E-state index contributed by atoms with van der Waals surface area (Å²) >= 11 is 3.10. The average molecular weight is 274 g/mol. The van der Waals surface area contributed by atoms with Gasteiger partial charge in [-0.1, -0.05) is 0 Å². The minimum Gasteiger partial charge on any atom is -0.465 e. The number of nitrogens with zero attached hydrogens (tertiary/aromatic N) is 1. The first kappa shape index (κ1) is 11.6. The normalized spacial score (nSPS) is 9.80. The van der Waals surface area contributed by atoms with Gasteiger partial charge in [0.2, 0.25) is 0 Å². The van der Waals surface area contributed by atoms with Gasteiger partial charge in [-0.15, -0.1) is 0 Å². The highest BCUT2D eigenvalue weighted by atomic mass is 79.9. The first-order valence-electron chi connectivity index (χ1n) is 4.00. The number of methoxy groups -OCH3 is 1. The van der Waals surface area contributed by atoms with Crippen molar-refractivity contribution in [1.82, 2.24) is 0 Å². The Kier molecular flexibility index (Phi) is 3.41. The van der Waals surface area contributed by atoms with Crippen LogP contribution in [0.3, 0.4) is 0 Å². The van der Waals surface area contributed by atoms with E-state index >= 15 is 0 Å². The average Bonchev–Trinajstić information content (AvgIpc) is 2.16. The number of benzene rings is 1. The Balaban J connectivity index is 3.33. The van der Waals surface area contributed by atoms with E-state index in [0.29, 0.717) is 15.6 Å². The van der Waals surface area contributed by atoms with Crippen molar-refractivity contribution in [3.8, 4) is 0 Å².